The lowest BCUT2D eigenvalue weighted by Gasteiger charge is -2.19. The van der Waals surface area contributed by atoms with E-state index in [-0.39, 0.29) is 5.91 Å². The number of furan rings is 1. The Morgan fingerprint density at radius 3 is 2.85 bits per heavy atom. The molecule has 1 unspecified atom stereocenters. The molecule has 0 radical (unpaired) electrons. The summed E-state index contributed by atoms with van der Waals surface area (Å²) in [6, 6.07) is 7.92. The Morgan fingerprint density at radius 1 is 1.30 bits per heavy atom. The number of aromatic nitrogens is 3. The zero-order valence-electron chi connectivity index (χ0n) is 16.0. The summed E-state index contributed by atoms with van der Waals surface area (Å²) in [7, 11) is 0. The predicted molar refractivity (Wildman–Crippen MR) is 102 cm³/mol. The van der Waals surface area contributed by atoms with Crippen molar-refractivity contribution in [2.75, 3.05) is 13.1 Å². The maximum Gasteiger partial charge on any atom is 0.253 e. The van der Waals surface area contributed by atoms with Gasteiger partial charge >= 0.3 is 0 Å². The molecule has 1 atom stereocenters. The highest BCUT2D eigenvalue weighted by atomic mass is 16.3. The number of nitrogens with one attached hydrogen (secondary N) is 1. The standard InChI is InChI=1S/C20H25N5O2/c1-13(2)24-9-8-15(11-24)19-23-22-18-7-5-16(12-25(18)19)20(26)21-10-17-6-4-14(3)27-17/h4-7,12-13,15H,8-11H2,1-3H3,(H,21,26). The number of amides is 1. The fourth-order valence-corrected chi connectivity index (χ4v) is 3.64. The molecule has 4 rings (SSSR count). The van der Waals surface area contributed by atoms with E-state index in [9.17, 15) is 4.79 Å². The third-order valence-electron chi connectivity index (χ3n) is 5.23. The quantitative estimate of drug-likeness (QED) is 0.750. The second-order valence-electron chi connectivity index (χ2n) is 7.47. The summed E-state index contributed by atoms with van der Waals surface area (Å²) in [5.74, 6) is 2.71. The van der Waals surface area contributed by atoms with Crippen molar-refractivity contribution in [2.45, 2.75) is 45.7 Å². The number of fused-ring (bicyclic) bond motifs is 1. The number of hydrogen-bond acceptors (Lipinski definition) is 5. The molecule has 7 nitrogen and oxygen atoms in total. The van der Waals surface area contributed by atoms with Gasteiger partial charge in [0.15, 0.2) is 5.65 Å². The lowest BCUT2D eigenvalue weighted by atomic mass is 10.1. The summed E-state index contributed by atoms with van der Waals surface area (Å²) in [5.41, 5.74) is 1.36. The molecule has 0 spiro atoms. The zero-order chi connectivity index (χ0) is 19.0. The van der Waals surface area contributed by atoms with Crippen LogP contribution in [0.2, 0.25) is 0 Å². The van der Waals surface area contributed by atoms with E-state index in [4.69, 9.17) is 4.42 Å². The maximum absolute atomic E-state index is 12.5. The van der Waals surface area contributed by atoms with Gasteiger partial charge in [-0.1, -0.05) is 0 Å². The van der Waals surface area contributed by atoms with Crippen molar-refractivity contribution in [3.05, 3.63) is 53.4 Å². The first-order valence-corrected chi connectivity index (χ1v) is 9.43. The molecule has 0 saturated carbocycles. The Bertz CT molecular complexity index is 958. The number of carbonyl (C=O) groups is 1. The molecule has 7 heteroatoms. The van der Waals surface area contributed by atoms with E-state index in [0.717, 1.165) is 42.5 Å². The van der Waals surface area contributed by atoms with Crippen LogP contribution >= 0.6 is 0 Å². The Balaban J connectivity index is 1.52. The topological polar surface area (TPSA) is 75.7 Å². The van der Waals surface area contributed by atoms with E-state index in [1.54, 1.807) is 6.07 Å². The Labute approximate surface area is 158 Å². The van der Waals surface area contributed by atoms with Crippen molar-refractivity contribution in [1.29, 1.82) is 0 Å². The van der Waals surface area contributed by atoms with Crippen LogP contribution in [0.25, 0.3) is 5.65 Å². The average molecular weight is 367 g/mol. The van der Waals surface area contributed by atoms with Gasteiger partial charge in [0.05, 0.1) is 12.1 Å². The number of aryl methyl sites for hydroxylation is 1. The molecule has 1 fully saturated rings. The molecular formula is C20H25N5O2. The molecule has 1 aliphatic heterocycles. The minimum atomic E-state index is -0.138. The summed E-state index contributed by atoms with van der Waals surface area (Å²) < 4.78 is 7.46. The fourth-order valence-electron chi connectivity index (χ4n) is 3.64. The Kier molecular flexibility index (Phi) is 4.70. The van der Waals surface area contributed by atoms with E-state index >= 15 is 0 Å². The van der Waals surface area contributed by atoms with Crippen molar-refractivity contribution in [1.82, 2.24) is 24.8 Å². The molecule has 1 N–H and O–H groups in total. The van der Waals surface area contributed by atoms with Gasteiger partial charge in [-0.15, -0.1) is 10.2 Å². The number of rotatable bonds is 5. The summed E-state index contributed by atoms with van der Waals surface area (Å²) >= 11 is 0. The highest BCUT2D eigenvalue weighted by Crippen LogP contribution is 2.27. The van der Waals surface area contributed by atoms with Crippen LogP contribution in [0.1, 0.15) is 53.9 Å². The number of pyridine rings is 1. The number of likely N-dealkylation sites (tertiary alicyclic amines) is 1. The largest absolute Gasteiger partial charge is 0.465 e. The van der Waals surface area contributed by atoms with Gasteiger partial charge in [-0.2, -0.15) is 0 Å². The van der Waals surface area contributed by atoms with Gasteiger partial charge in [-0.3, -0.25) is 9.20 Å². The van der Waals surface area contributed by atoms with Gasteiger partial charge in [0, 0.05) is 24.7 Å². The average Bonchev–Trinajstić information content (AvgIpc) is 3.37. The van der Waals surface area contributed by atoms with E-state index in [1.165, 1.54) is 0 Å². The van der Waals surface area contributed by atoms with Crippen LogP contribution in [-0.4, -0.2) is 44.5 Å². The molecule has 1 aliphatic rings. The van der Waals surface area contributed by atoms with Crippen LogP contribution in [0.3, 0.4) is 0 Å². The summed E-state index contributed by atoms with van der Waals surface area (Å²) in [6.45, 7) is 8.73. The third-order valence-corrected chi connectivity index (χ3v) is 5.23. The van der Waals surface area contributed by atoms with Crippen molar-refractivity contribution in [3.63, 3.8) is 0 Å². The zero-order valence-corrected chi connectivity index (χ0v) is 16.0. The number of nitrogens with zero attached hydrogens (tertiary/aromatic N) is 4. The monoisotopic (exact) mass is 367 g/mol. The normalized spacial score (nSPS) is 17.9. The Morgan fingerprint density at radius 2 is 2.15 bits per heavy atom. The van der Waals surface area contributed by atoms with Crippen molar-refractivity contribution < 1.29 is 9.21 Å². The first-order valence-electron chi connectivity index (χ1n) is 9.43. The SMILES string of the molecule is Cc1ccc(CNC(=O)c2ccc3nnc(C4CCN(C(C)C)C4)n3c2)o1. The molecule has 27 heavy (non-hydrogen) atoms. The fraction of sp³-hybridized carbons (Fsp3) is 0.450. The molecule has 3 aromatic rings. The molecular weight excluding hydrogens is 342 g/mol. The highest BCUT2D eigenvalue weighted by Gasteiger charge is 2.29. The van der Waals surface area contributed by atoms with Crippen LogP contribution < -0.4 is 5.32 Å². The molecule has 0 bridgehead atoms. The molecule has 0 aliphatic carbocycles. The van der Waals surface area contributed by atoms with Crippen LogP contribution in [-0.2, 0) is 6.54 Å². The first-order chi connectivity index (χ1) is 13.0. The number of hydrogen-bond donors (Lipinski definition) is 1. The minimum Gasteiger partial charge on any atom is -0.465 e. The lowest BCUT2D eigenvalue weighted by Crippen LogP contribution is -2.28. The van der Waals surface area contributed by atoms with Crippen LogP contribution in [0.15, 0.2) is 34.9 Å². The summed E-state index contributed by atoms with van der Waals surface area (Å²) in [6.07, 6.45) is 2.90. The maximum atomic E-state index is 12.5. The van der Waals surface area contributed by atoms with Gasteiger partial charge in [0.1, 0.15) is 17.3 Å². The Hall–Kier alpha value is -2.67. The highest BCUT2D eigenvalue weighted by molar-refractivity contribution is 5.94. The van der Waals surface area contributed by atoms with Gasteiger partial charge in [0.25, 0.3) is 5.91 Å². The third kappa shape index (κ3) is 3.60. The van der Waals surface area contributed by atoms with Gasteiger partial charge in [0.2, 0.25) is 0 Å². The van der Waals surface area contributed by atoms with Crippen LogP contribution in [0.4, 0.5) is 0 Å². The molecule has 0 aromatic carbocycles. The predicted octanol–water partition coefficient (Wildman–Crippen LogP) is 2.76. The number of carbonyl (C=O) groups excluding carboxylic acids is 1. The molecule has 1 saturated heterocycles. The molecule has 3 aromatic heterocycles. The minimum absolute atomic E-state index is 0.138. The second-order valence-corrected chi connectivity index (χ2v) is 7.47. The summed E-state index contributed by atoms with van der Waals surface area (Å²) in [5, 5.41) is 11.6. The van der Waals surface area contributed by atoms with E-state index in [2.05, 4.69) is 34.3 Å². The molecule has 1 amide bonds. The van der Waals surface area contributed by atoms with E-state index in [1.807, 2.05) is 35.7 Å². The summed E-state index contributed by atoms with van der Waals surface area (Å²) in [4.78, 5) is 15.0. The lowest BCUT2D eigenvalue weighted by molar-refractivity contribution is 0.0947. The first kappa shape index (κ1) is 17.7. The van der Waals surface area contributed by atoms with Gasteiger partial charge in [-0.05, 0) is 58.0 Å². The van der Waals surface area contributed by atoms with Crippen LogP contribution in [0.5, 0.6) is 0 Å². The van der Waals surface area contributed by atoms with Crippen molar-refractivity contribution in [2.24, 2.45) is 0 Å². The van der Waals surface area contributed by atoms with Crippen molar-refractivity contribution >= 4 is 11.6 Å². The smallest absolute Gasteiger partial charge is 0.253 e. The van der Waals surface area contributed by atoms with Crippen molar-refractivity contribution in [3.8, 4) is 0 Å². The van der Waals surface area contributed by atoms with E-state index < -0.39 is 0 Å². The van der Waals surface area contributed by atoms with Gasteiger partial charge < -0.3 is 14.6 Å². The second kappa shape index (κ2) is 7.15. The molecule has 142 valence electrons. The van der Waals surface area contributed by atoms with Crippen LogP contribution in [0, 0.1) is 6.92 Å². The van der Waals surface area contributed by atoms with Gasteiger partial charge in [-0.25, -0.2) is 0 Å². The van der Waals surface area contributed by atoms with E-state index in [0.29, 0.717) is 24.1 Å². The molecule has 4 heterocycles.